The number of anilines is 4. The summed E-state index contributed by atoms with van der Waals surface area (Å²) in [6, 6.07) is 19.4. The molecule has 2 unspecified atom stereocenters. The minimum absolute atomic E-state index is 0.135. The number of nitrogens with two attached hydrogens (primary N) is 2. The van der Waals surface area contributed by atoms with Crippen LogP contribution in [-0.4, -0.2) is 58.1 Å². The van der Waals surface area contributed by atoms with Crippen LogP contribution in [0.4, 0.5) is 22.7 Å². The lowest BCUT2D eigenvalue weighted by atomic mass is 9.92. The standard InChI is InChI=1S/C52H48Cl4N10O3/c53-41-15-28(16-42(54)51(41)68)26-1-11-45-36(13-26)49(63-32-19-61-65(23-32)34-7-3-30(57)4-8-34)38(21-59-45)47-40(25-67)48(47)39-22-60-46-12-2-27(29-17-43(55)52(69)44(56)18-29)14-37(46)50(39)64-33-20-62-66(24-33)35-9-5-31(58)6-10-35/h1-2,11-25,30-31,34-35,40,47-48,68-69H,3-10,57-58H2,(H,59,63)(H,60,64). The van der Waals surface area contributed by atoms with Crippen LogP contribution in [0.3, 0.4) is 0 Å². The lowest BCUT2D eigenvalue weighted by Gasteiger charge is -2.26. The third kappa shape index (κ3) is 8.74. The maximum atomic E-state index is 13.4. The number of nitrogens with zero attached hydrogens (tertiary/aromatic N) is 6. The Hall–Kier alpha value is -5.93. The van der Waals surface area contributed by atoms with Crippen molar-refractivity contribution < 1.29 is 15.0 Å². The van der Waals surface area contributed by atoms with Crippen LogP contribution in [0.15, 0.2) is 97.8 Å². The number of aldehydes is 1. The van der Waals surface area contributed by atoms with Gasteiger partial charge in [-0.15, -0.1) is 0 Å². The summed E-state index contributed by atoms with van der Waals surface area (Å²) in [5, 5.41) is 40.0. The van der Waals surface area contributed by atoms with E-state index in [2.05, 4.69) is 10.6 Å². The molecule has 69 heavy (non-hydrogen) atoms. The number of rotatable bonds is 11. The molecule has 0 bridgehead atoms. The van der Waals surface area contributed by atoms with E-state index in [9.17, 15) is 15.0 Å². The van der Waals surface area contributed by atoms with E-state index in [-0.39, 0.29) is 67.6 Å². The molecule has 4 heterocycles. The first kappa shape index (κ1) is 45.5. The van der Waals surface area contributed by atoms with E-state index >= 15 is 0 Å². The number of nitrogens with one attached hydrogen (secondary N) is 2. The van der Waals surface area contributed by atoms with Gasteiger partial charge in [-0.05, 0) is 133 Å². The molecule has 8 N–H and O–H groups in total. The first-order chi connectivity index (χ1) is 33.4. The highest BCUT2D eigenvalue weighted by Crippen LogP contribution is 2.63. The topological polar surface area (TPSA) is 195 Å². The third-order valence-electron chi connectivity index (χ3n) is 14.4. The molecule has 13 nitrogen and oxygen atoms in total. The van der Waals surface area contributed by atoms with Crippen molar-refractivity contribution in [3.8, 4) is 33.8 Å². The summed E-state index contributed by atoms with van der Waals surface area (Å²) in [4.78, 5) is 23.4. The summed E-state index contributed by atoms with van der Waals surface area (Å²) >= 11 is 25.7. The summed E-state index contributed by atoms with van der Waals surface area (Å²) in [5.41, 5.74) is 21.8. The molecule has 0 radical (unpaired) electrons. The van der Waals surface area contributed by atoms with Gasteiger partial charge in [0.15, 0.2) is 11.5 Å². The Morgan fingerprint density at radius 1 is 0.551 bits per heavy atom. The monoisotopic (exact) mass is 1000 g/mol. The second-order valence-electron chi connectivity index (χ2n) is 18.8. The van der Waals surface area contributed by atoms with Crippen molar-refractivity contribution in [2.45, 2.75) is 87.4 Å². The molecule has 352 valence electrons. The zero-order chi connectivity index (χ0) is 47.7. The molecule has 0 amide bonds. The van der Waals surface area contributed by atoms with Crippen LogP contribution in [0.25, 0.3) is 44.1 Å². The van der Waals surface area contributed by atoms with E-state index in [4.69, 9.17) is 78.0 Å². The summed E-state index contributed by atoms with van der Waals surface area (Å²) < 4.78 is 4.05. The quantitative estimate of drug-likeness (QED) is 0.0675. The van der Waals surface area contributed by atoms with Gasteiger partial charge in [-0.1, -0.05) is 58.5 Å². The molecule has 4 aromatic carbocycles. The zero-order valence-corrected chi connectivity index (χ0v) is 40.2. The number of aromatic nitrogens is 6. The van der Waals surface area contributed by atoms with Gasteiger partial charge in [0.1, 0.15) is 6.29 Å². The maximum absolute atomic E-state index is 13.4. The van der Waals surface area contributed by atoms with E-state index in [0.29, 0.717) is 11.1 Å². The molecule has 3 fully saturated rings. The molecular weight excluding hydrogens is 954 g/mol. The number of carbonyl (C=O) groups excluding carboxylic acids is 1. The number of phenols is 2. The second kappa shape index (κ2) is 18.4. The molecule has 2 atom stereocenters. The molecule has 0 saturated heterocycles. The van der Waals surface area contributed by atoms with Gasteiger partial charge in [0, 0.05) is 65.4 Å². The van der Waals surface area contributed by atoms with Crippen molar-refractivity contribution in [1.29, 1.82) is 0 Å². The van der Waals surface area contributed by atoms with Gasteiger partial charge in [0.25, 0.3) is 0 Å². The van der Waals surface area contributed by atoms with Crippen LogP contribution >= 0.6 is 46.4 Å². The predicted molar refractivity (Wildman–Crippen MR) is 275 cm³/mol. The minimum Gasteiger partial charge on any atom is -0.505 e. The fourth-order valence-corrected chi connectivity index (χ4v) is 11.5. The van der Waals surface area contributed by atoms with Crippen LogP contribution in [0.1, 0.15) is 86.4 Å². The molecule has 0 aliphatic heterocycles. The van der Waals surface area contributed by atoms with Gasteiger partial charge in [-0.3, -0.25) is 19.3 Å². The fourth-order valence-electron chi connectivity index (χ4n) is 10.6. The Balaban J connectivity index is 1.04. The van der Waals surface area contributed by atoms with Crippen molar-refractivity contribution in [2.75, 3.05) is 10.6 Å². The number of pyridine rings is 2. The Morgan fingerprint density at radius 3 is 1.32 bits per heavy atom. The van der Waals surface area contributed by atoms with E-state index in [1.54, 1.807) is 24.3 Å². The van der Waals surface area contributed by atoms with Gasteiger partial charge in [0.2, 0.25) is 0 Å². The average molecular weight is 1000 g/mol. The summed E-state index contributed by atoms with van der Waals surface area (Å²) in [6.07, 6.45) is 20.0. The van der Waals surface area contributed by atoms with E-state index in [0.717, 1.165) is 124 Å². The number of hydrogen-bond acceptors (Lipinski definition) is 11. The van der Waals surface area contributed by atoms with Crippen LogP contribution in [0.2, 0.25) is 20.1 Å². The van der Waals surface area contributed by atoms with Gasteiger partial charge in [0.05, 0.1) is 78.4 Å². The van der Waals surface area contributed by atoms with Crippen molar-refractivity contribution in [2.24, 2.45) is 17.4 Å². The number of benzene rings is 4. The molecule has 8 aromatic rings. The fraction of sp³-hybridized carbons (Fsp3) is 0.288. The summed E-state index contributed by atoms with van der Waals surface area (Å²) in [6.45, 7) is 0. The third-order valence-corrected chi connectivity index (χ3v) is 15.6. The van der Waals surface area contributed by atoms with E-state index < -0.39 is 5.92 Å². The van der Waals surface area contributed by atoms with Gasteiger partial charge in [-0.25, -0.2) is 0 Å². The smallest absolute Gasteiger partial charge is 0.152 e. The second-order valence-corrected chi connectivity index (χ2v) is 20.4. The number of carbonyl (C=O) groups is 1. The summed E-state index contributed by atoms with van der Waals surface area (Å²) in [5.74, 6) is -1.44. The highest BCUT2D eigenvalue weighted by Gasteiger charge is 2.54. The Morgan fingerprint density at radius 2 is 0.942 bits per heavy atom. The molecule has 4 aromatic heterocycles. The highest BCUT2D eigenvalue weighted by molar-refractivity contribution is 6.38. The largest absolute Gasteiger partial charge is 0.505 e. The van der Waals surface area contributed by atoms with E-state index in [1.807, 2.05) is 82.9 Å². The molecule has 17 heteroatoms. The number of halogens is 4. The lowest BCUT2D eigenvalue weighted by molar-refractivity contribution is -0.109. The molecule has 3 saturated carbocycles. The van der Waals surface area contributed by atoms with Crippen LogP contribution in [-0.2, 0) is 4.79 Å². The first-order valence-corrected chi connectivity index (χ1v) is 24.7. The molecule has 0 spiro atoms. The SMILES string of the molecule is NC1CCC(n2cc(Nc3c(C4C(C=O)C4c4cnc5ccc(-c6cc(Cl)c(O)c(Cl)c6)cc5c4Nc4cnn(C5CCC(N)CC5)c4)cnc4ccc(-c5cc(Cl)c(O)c(Cl)c5)cc34)cn2)CC1. The van der Waals surface area contributed by atoms with Crippen molar-refractivity contribution in [3.63, 3.8) is 0 Å². The van der Waals surface area contributed by atoms with E-state index in [1.165, 1.54) is 0 Å². The Bertz CT molecular complexity index is 3030. The van der Waals surface area contributed by atoms with Crippen LogP contribution < -0.4 is 22.1 Å². The Labute approximate surface area is 417 Å². The predicted octanol–water partition coefficient (Wildman–Crippen LogP) is 12.6. The summed E-state index contributed by atoms with van der Waals surface area (Å²) in [7, 11) is 0. The highest BCUT2D eigenvalue weighted by atomic mass is 35.5. The molecule has 11 rings (SSSR count). The average Bonchev–Trinajstić information content (AvgIpc) is 3.58. The maximum Gasteiger partial charge on any atom is 0.152 e. The van der Waals surface area contributed by atoms with Crippen LogP contribution in [0.5, 0.6) is 11.5 Å². The normalized spacial score (nSPS) is 22.5. The molecule has 3 aliphatic carbocycles. The zero-order valence-electron chi connectivity index (χ0n) is 37.2. The number of fused-ring (bicyclic) bond motifs is 2. The van der Waals surface area contributed by atoms with Crippen LogP contribution in [0, 0.1) is 5.92 Å². The number of aromatic hydroxyl groups is 2. The van der Waals surface area contributed by atoms with Crippen molar-refractivity contribution in [1.82, 2.24) is 29.5 Å². The Kier molecular flexibility index (Phi) is 12.2. The van der Waals surface area contributed by atoms with Gasteiger partial charge < -0.3 is 37.1 Å². The van der Waals surface area contributed by atoms with Crippen molar-refractivity contribution in [3.05, 3.63) is 129 Å². The molecular formula is C52H48Cl4N10O3. The number of hydrogen-bond donors (Lipinski definition) is 6. The van der Waals surface area contributed by atoms with Crippen molar-refractivity contribution >= 4 is 97.2 Å². The number of phenolic OH excluding ortho intramolecular Hbond substituents is 2. The molecule has 3 aliphatic rings. The lowest BCUT2D eigenvalue weighted by Crippen LogP contribution is -2.27. The van der Waals surface area contributed by atoms with Gasteiger partial charge in [-0.2, -0.15) is 10.2 Å². The minimum atomic E-state index is -0.441. The van der Waals surface area contributed by atoms with Gasteiger partial charge >= 0.3 is 0 Å². The first-order valence-electron chi connectivity index (χ1n) is 23.2.